The van der Waals surface area contributed by atoms with Crippen molar-refractivity contribution in [2.45, 2.75) is 45.1 Å². The molecule has 1 atom stereocenters. The Morgan fingerprint density at radius 1 is 1.38 bits per heavy atom. The molecule has 1 saturated heterocycles. The van der Waals surface area contributed by atoms with Crippen LogP contribution in [0.4, 0.5) is 0 Å². The Kier molecular flexibility index (Phi) is 5.55. The summed E-state index contributed by atoms with van der Waals surface area (Å²) in [7, 11) is 1.62. The van der Waals surface area contributed by atoms with Crippen LogP contribution in [0.5, 0.6) is 5.75 Å². The highest BCUT2D eigenvalue weighted by Crippen LogP contribution is 2.30. The third kappa shape index (κ3) is 4.28. The van der Waals surface area contributed by atoms with Crippen LogP contribution in [0.3, 0.4) is 0 Å². The van der Waals surface area contributed by atoms with Gasteiger partial charge in [0.05, 0.1) is 13.2 Å². The first kappa shape index (κ1) is 19.1. The molecule has 4 rings (SSSR count). The summed E-state index contributed by atoms with van der Waals surface area (Å²) in [5.74, 6) is 3.36. The first-order valence-electron chi connectivity index (χ1n) is 9.79. The number of benzene rings is 1. The van der Waals surface area contributed by atoms with E-state index in [1.807, 2.05) is 36.1 Å². The number of hydrogen-bond donors (Lipinski definition) is 1. The number of nitrogens with zero attached hydrogens (tertiary/aromatic N) is 5. The summed E-state index contributed by atoms with van der Waals surface area (Å²) in [5, 5.41) is 11.1. The Balaban J connectivity index is 1.32. The number of hydrogen-bond acceptors (Lipinski definition) is 7. The van der Waals surface area contributed by atoms with Crippen LogP contribution in [-0.4, -0.2) is 49.8 Å². The molecule has 0 spiro atoms. The van der Waals surface area contributed by atoms with Gasteiger partial charge in [-0.2, -0.15) is 10.1 Å². The number of aryl methyl sites for hydroxylation is 2. The van der Waals surface area contributed by atoms with E-state index >= 15 is 0 Å². The lowest BCUT2D eigenvalue weighted by molar-refractivity contribution is -0.132. The van der Waals surface area contributed by atoms with Gasteiger partial charge in [0, 0.05) is 24.9 Å². The average molecular weight is 396 g/mol. The zero-order valence-corrected chi connectivity index (χ0v) is 16.6. The molecule has 0 unspecified atom stereocenters. The van der Waals surface area contributed by atoms with Crippen LogP contribution < -0.4 is 4.74 Å². The normalized spacial score (nSPS) is 16.3. The highest BCUT2D eigenvalue weighted by atomic mass is 16.5. The standard InChI is InChI=1S/C20H24N6O3/c1-13-21-20(24-23-13)16-8-5-11-26(16)18(27)10-4-9-17-22-19(25-29-17)14-6-3-7-15(12-14)28-2/h3,6-7,12,16H,4-5,8-11H2,1-2H3,(H,21,23,24)/t16-/m0/s1. The van der Waals surface area contributed by atoms with Crippen LogP contribution in [-0.2, 0) is 11.2 Å². The highest BCUT2D eigenvalue weighted by molar-refractivity contribution is 5.76. The van der Waals surface area contributed by atoms with Gasteiger partial charge in [-0.3, -0.25) is 9.89 Å². The Morgan fingerprint density at radius 2 is 2.28 bits per heavy atom. The van der Waals surface area contributed by atoms with Crippen molar-refractivity contribution in [3.8, 4) is 17.1 Å². The molecule has 152 valence electrons. The van der Waals surface area contributed by atoms with Crippen molar-refractivity contribution in [3.05, 3.63) is 41.8 Å². The van der Waals surface area contributed by atoms with Gasteiger partial charge >= 0.3 is 0 Å². The van der Waals surface area contributed by atoms with E-state index in [0.29, 0.717) is 36.8 Å². The van der Waals surface area contributed by atoms with Gasteiger partial charge in [0.2, 0.25) is 17.6 Å². The van der Waals surface area contributed by atoms with E-state index in [4.69, 9.17) is 9.26 Å². The van der Waals surface area contributed by atoms with Crippen molar-refractivity contribution >= 4 is 5.91 Å². The number of ether oxygens (including phenoxy) is 1. The smallest absolute Gasteiger partial charge is 0.226 e. The number of nitrogens with one attached hydrogen (secondary N) is 1. The maximum absolute atomic E-state index is 12.7. The number of carbonyl (C=O) groups excluding carboxylic acids is 1. The third-order valence-electron chi connectivity index (χ3n) is 5.06. The van der Waals surface area contributed by atoms with Crippen LogP contribution in [0, 0.1) is 6.92 Å². The van der Waals surface area contributed by atoms with Gasteiger partial charge in [0.1, 0.15) is 11.6 Å². The van der Waals surface area contributed by atoms with Crippen molar-refractivity contribution in [3.63, 3.8) is 0 Å². The minimum absolute atomic E-state index is 0.0319. The lowest BCUT2D eigenvalue weighted by atomic mass is 10.1. The Hall–Kier alpha value is -3.23. The Morgan fingerprint density at radius 3 is 3.07 bits per heavy atom. The molecule has 0 radical (unpaired) electrons. The maximum Gasteiger partial charge on any atom is 0.226 e. The molecule has 29 heavy (non-hydrogen) atoms. The van der Waals surface area contributed by atoms with Crippen molar-refractivity contribution in [2.75, 3.05) is 13.7 Å². The fraction of sp³-hybridized carbons (Fsp3) is 0.450. The molecule has 1 aliphatic heterocycles. The molecule has 1 aromatic carbocycles. The molecule has 0 aliphatic carbocycles. The molecule has 1 amide bonds. The van der Waals surface area contributed by atoms with E-state index in [9.17, 15) is 4.79 Å². The molecule has 1 fully saturated rings. The van der Waals surface area contributed by atoms with Gasteiger partial charge in [0.15, 0.2) is 5.82 Å². The zero-order chi connectivity index (χ0) is 20.2. The number of methoxy groups -OCH3 is 1. The van der Waals surface area contributed by atoms with E-state index in [1.54, 1.807) is 7.11 Å². The van der Waals surface area contributed by atoms with Crippen LogP contribution in [0.2, 0.25) is 0 Å². The molecular weight excluding hydrogens is 372 g/mol. The second kappa shape index (κ2) is 8.42. The SMILES string of the molecule is COc1cccc(-c2noc(CCCC(=O)N3CCC[C@H]3c3n[nH]c(C)n3)n2)c1. The molecule has 2 aromatic heterocycles. The maximum atomic E-state index is 12.7. The summed E-state index contributed by atoms with van der Waals surface area (Å²) >= 11 is 0. The summed E-state index contributed by atoms with van der Waals surface area (Å²) in [6.45, 7) is 2.61. The van der Waals surface area contributed by atoms with Gasteiger partial charge < -0.3 is 14.2 Å². The minimum Gasteiger partial charge on any atom is -0.497 e. The highest BCUT2D eigenvalue weighted by Gasteiger charge is 2.32. The first-order valence-corrected chi connectivity index (χ1v) is 9.79. The number of rotatable bonds is 7. The quantitative estimate of drug-likeness (QED) is 0.654. The fourth-order valence-corrected chi connectivity index (χ4v) is 3.61. The van der Waals surface area contributed by atoms with Gasteiger partial charge in [-0.1, -0.05) is 17.3 Å². The summed E-state index contributed by atoms with van der Waals surface area (Å²) in [5.41, 5.74) is 0.831. The number of H-pyrrole nitrogens is 1. The average Bonchev–Trinajstić information content (AvgIpc) is 3.48. The molecule has 3 aromatic rings. The predicted molar refractivity (Wildman–Crippen MR) is 104 cm³/mol. The van der Waals surface area contributed by atoms with Crippen LogP contribution in [0.15, 0.2) is 28.8 Å². The minimum atomic E-state index is -0.0319. The van der Waals surface area contributed by atoms with Crippen molar-refractivity contribution < 1.29 is 14.1 Å². The van der Waals surface area contributed by atoms with Gasteiger partial charge in [-0.25, -0.2) is 4.98 Å². The molecule has 3 heterocycles. The van der Waals surface area contributed by atoms with Gasteiger partial charge in [-0.15, -0.1) is 0 Å². The summed E-state index contributed by atoms with van der Waals surface area (Å²) in [6, 6.07) is 7.47. The van der Waals surface area contributed by atoms with Gasteiger partial charge in [-0.05, 0) is 38.3 Å². The van der Waals surface area contributed by atoms with E-state index in [-0.39, 0.29) is 11.9 Å². The topological polar surface area (TPSA) is 110 Å². The number of likely N-dealkylation sites (tertiary alicyclic amines) is 1. The van der Waals surface area contributed by atoms with E-state index < -0.39 is 0 Å². The van der Waals surface area contributed by atoms with E-state index in [1.165, 1.54) is 0 Å². The fourth-order valence-electron chi connectivity index (χ4n) is 3.61. The van der Waals surface area contributed by atoms with Crippen LogP contribution in [0.1, 0.15) is 49.3 Å². The summed E-state index contributed by atoms with van der Waals surface area (Å²) in [6.07, 6.45) is 3.50. The lowest BCUT2D eigenvalue weighted by Crippen LogP contribution is -2.31. The van der Waals surface area contributed by atoms with Gasteiger partial charge in [0.25, 0.3) is 0 Å². The lowest BCUT2D eigenvalue weighted by Gasteiger charge is -2.22. The zero-order valence-electron chi connectivity index (χ0n) is 16.6. The molecule has 9 nitrogen and oxygen atoms in total. The van der Waals surface area contributed by atoms with E-state index in [0.717, 1.165) is 36.5 Å². The van der Waals surface area contributed by atoms with Crippen molar-refractivity contribution in [1.82, 2.24) is 30.2 Å². The van der Waals surface area contributed by atoms with Crippen molar-refractivity contribution in [1.29, 1.82) is 0 Å². The molecule has 9 heteroatoms. The monoisotopic (exact) mass is 396 g/mol. The number of carbonyl (C=O) groups is 1. The molecule has 1 N–H and O–H groups in total. The number of amides is 1. The van der Waals surface area contributed by atoms with Crippen LogP contribution >= 0.6 is 0 Å². The Labute approximate surface area is 168 Å². The Bertz CT molecular complexity index is 982. The summed E-state index contributed by atoms with van der Waals surface area (Å²) in [4.78, 5) is 23.4. The van der Waals surface area contributed by atoms with Crippen molar-refractivity contribution in [2.24, 2.45) is 0 Å². The van der Waals surface area contributed by atoms with Crippen LogP contribution in [0.25, 0.3) is 11.4 Å². The number of aromatic nitrogens is 5. The molecule has 0 saturated carbocycles. The molecular formula is C20H24N6O3. The second-order valence-corrected chi connectivity index (χ2v) is 7.12. The van der Waals surface area contributed by atoms with E-state index in [2.05, 4.69) is 25.3 Å². The second-order valence-electron chi connectivity index (χ2n) is 7.12. The molecule has 1 aliphatic rings. The summed E-state index contributed by atoms with van der Waals surface area (Å²) < 4.78 is 10.6. The predicted octanol–water partition coefficient (Wildman–Crippen LogP) is 2.86. The third-order valence-corrected chi connectivity index (χ3v) is 5.06. The largest absolute Gasteiger partial charge is 0.497 e. The molecule has 0 bridgehead atoms. The number of aromatic amines is 1. The first-order chi connectivity index (χ1) is 14.1.